The zero-order valence-corrected chi connectivity index (χ0v) is 11.2. The lowest BCUT2D eigenvalue weighted by molar-refractivity contribution is -0.137. The van der Waals surface area contributed by atoms with Crippen LogP contribution in [0.2, 0.25) is 0 Å². The van der Waals surface area contributed by atoms with E-state index in [9.17, 15) is 9.59 Å². The molecular weight excluding hydrogens is 321 g/mol. The highest BCUT2D eigenvalue weighted by atomic mass is 127. The Morgan fingerprint density at radius 2 is 2.06 bits per heavy atom. The van der Waals surface area contributed by atoms with Crippen molar-refractivity contribution in [3.63, 3.8) is 0 Å². The Kier molecular flexibility index (Phi) is 4.28. The Morgan fingerprint density at radius 1 is 1.44 bits per heavy atom. The number of carboxylic acids is 1. The molecule has 4 nitrogen and oxygen atoms in total. The maximum absolute atomic E-state index is 11.9. The van der Waals surface area contributed by atoms with Crippen LogP contribution in [0.5, 0.6) is 0 Å². The number of aryl methyl sites for hydroxylation is 1. The van der Waals surface area contributed by atoms with Gasteiger partial charge in [0.15, 0.2) is 0 Å². The van der Waals surface area contributed by atoms with Crippen molar-refractivity contribution in [2.75, 3.05) is 13.6 Å². The molecule has 0 spiro atoms. The number of halogens is 1. The first-order chi connectivity index (χ1) is 7.43. The van der Waals surface area contributed by atoms with Gasteiger partial charge in [-0.25, -0.2) is 0 Å². The third kappa shape index (κ3) is 2.94. The second-order valence-electron chi connectivity index (χ2n) is 3.49. The summed E-state index contributed by atoms with van der Waals surface area (Å²) in [7, 11) is 1.48. The van der Waals surface area contributed by atoms with Crippen LogP contribution < -0.4 is 0 Å². The van der Waals surface area contributed by atoms with Crippen molar-refractivity contribution in [2.45, 2.75) is 6.92 Å². The van der Waals surface area contributed by atoms with Gasteiger partial charge in [0.2, 0.25) is 0 Å². The first-order valence-electron chi connectivity index (χ1n) is 4.66. The summed E-state index contributed by atoms with van der Waals surface area (Å²) in [5.41, 5.74) is 1.56. The standard InChI is InChI=1S/C11H12INO3/c1-7-4-3-5-8(10(7)12)11(16)13(2)6-9(14)15/h3-5H,6H2,1-2H3,(H,14,15). The number of amides is 1. The van der Waals surface area contributed by atoms with Crippen LogP contribution in [0.15, 0.2) is 18.2 Å². The van der Waals surface area contributed by atoms with E-state index in [0.29, 0.717) is 5.56 Å². The van der Waals surface area contributed by atoms with Crippen molar-refractivity contribution in [3.8, 4) is 0 Å². The minimum Gasteiger partial charge on any atom is -0.480 e. The highest BCUT2D eigenvalue weighted by molar-refractivity contribution is 14.1. The van der Waals surface area contributed by atoms with E-state index in [1.807, 2.05) is 13.0 Å². The Labute approximate surface area is 107 Å². The van der Waals surface area contributed by atoms with E-state index in [4.69, 9.17) is 5.11 Å². The van der Waals surface area contributed by atoms with Gasteiger partial charge in [-0.1, -0.05) is 12.1 Å². The molecule has 0 heterocycles. The topological polar surface area (TPSA) is 57.6 Å². The molecule has 0 radical (unpaired) electrons. The fourth-order valence-corrected chi connectivity index (χ4v) is 1.88. The SMILES string of the molecule is Cc1cccc(C(=O)N(C)CC(=O)O)c1I. The summed E-state index contributed by atoms with van der Waals surface area (Å²) >= 11 is 2.09. The van der Waals surface area contributed by atoms with Gasteiger partial charge in [-0.15, -0.1) is 0 Å². The highest BCUT2D eigenvalue weighted by Gasteiger charge is 2.17. The molecule has 0 saturated carbocycles. The molecule has 1 rings (SSSR count). The molecule has 0 bridgehead atoms. The molecule has 0 aliphatic rings. The molecule has 0 unspecified atom stereocenters. The Bertz CT molecular complexity index is 431. The average molecular weight is 333 g/mol. The number of carboxylic acid groups (broad SMARTS) is 1. The van der Waals surface area contributed by atoms with Crippen LogP contribution in [0, 0.1) is 10.5 Å². The van der Waals surface area contributed by atoms with Crippen LogP contribution >= 0.6 is 22.6 Å². The van der Waals surface area contributed by atoms with Gasteiger partial charge in [0, 0.05) is 10.6 Å². The Balaban J connectivity index is 2.96. The minimum absolute atomic E-state index is 0.268. The quantitative estimate of drug-likeness (QED) is 0.858. The van der Waals surface area contributed by atoms with Crippen LogP contribution in [-0.2, 0) is 4.79 Å². The van der Waals surface area contributed by atoms with Gasteiger partial charge >= 0.3 is 5.97 Å². The van der Waals surface area contributed by atoms with E-state index in [1.165, 1.54) is 11.9 Å². The van der Waals surface area contributed by atoms with Crippen LogP contribution in [0.25, 0.3) is 0 Å². The third-order valence-electron chi connectivity index (χ3n) is 2.14. The maximum atomic E-state index is 11.9. The fourth-order valence-electron chi connectivity index (χ4n) is 1.29. The summed E-state index contributed by atoms with van der Waals surface area (Å²) in [4.78, 5) is 23.6. The van der Waals surface area contributed by atoms with E-state index in [1.54, 1.807) is 12.1 Å². The first-order valence-corrected chi connectivity index (χ1v) is 5.73. The number of nitrogens with zero attached hydrogens (tertiary/aromatic N) is 1. The number of carbonyl (C=O) groups excluding carboxylic acids is 1. The van der Waals surface area contributed by atoms with Gasteiger partial charge in [0.05, 0.1) is 5.56 Å². The molecule has 0 saturated heterocycles. The van der Waals surface area contributed by atoms with Gasteiger partial charge in [-0.2, -0.15) is 0 Å². The summed E-state index contributed by atoms with van der Waals surface area (Å²) < 4.78 is 0.863. The van der Waals surface area contributed by atoms with Crippen LogP contribution in [0.1, 0.15) is 15.9 Å². The average Bonchev–Trinajstić information content (AvgIpc) is 2.20. The van der Waals surface area contributed by atoms with Crippen LogP contribution in [0.3, 0.4) is 0 Å². The summed E-state index contributed by atoms with van der Waals surface area (Å²) in [6.45, 7) is 1.62. The minimum atomic E-state index is -1.02. The molecule has 1 aromatic rings. The van der Waals surface area contributed by atoms with E-state index in [2.05, 4.69) is 22.6 Å². The smallest absolute Gasteiger partial charge is 0.323 e. The van der Waals surface area contributed by atoms with E-state index < -0.39 is 5.97 Å². The normalized spacial score (nSPS) is 9.94. The molecule has 1 amide bonds. The maximum Gasteiger partial charge on any atom is 0.323 e. The van der Waals surface area contributed by atoms with Crippen molar-refractivity contribution in [1.29, 1.82) is 0 Å². The van der Waals surface area contributed by atoms with Gasteiger partial charge in [0.1, 0.15) is 6.54 Å². The molecule has 1 aromatic carbocycles. The van der Waals surface area contributed by atoms with E-state index in [0.717, 1.165) is 9.13 Å². The number of aliphatic carboxylic acids is 1. The predicted molar refractivity (Wildman–Crippen MR) is 68.5 cm³/mol. The lowest BCUT2D eigenvalue weighted by atomic mass is 10.1. The fraction of sp³-hybridized carbons (Fsp3) is 0.273. The number of hydrogen-bond donors (Lipinski definition) is 1. The third-order valence-corrected chi connectivity index (χ3v) is 3.57. The number of hydrogen-bond acceptors (Lipinski definition) is 2. The summed E-state index contributed by atoms with van der Waals surface area (Å²) in [6.07, 6.45) is 0. The van der Waals surface area contributed by atoms with Crippen molar-refractivity contribution in [1.82, 2.24) is 4.90 Å². The van der Waals surface area contributed by atoms with Crippen molar-refractivity contribution in [2.24, 2.45) is 0 Å². The molecule has 0 fully saturated rings. The predicted octanol–water partition coefficient (Wildman–Crippen LogP) is 1.76. The molecular formula is C11H12INO3. The van der Waals surface area contributed by atoms with E-state index >= 15 is 0 Å². The number of rotatable bonds is 3. The van der Waals surface area contributed by atoms with Gasteiger partial charge < -0.3 is 10.0 Å². The van der Waals surface area contributed by atoms with E-state index in [-0.39, 0.29) is 12.5 Å². The zero-order valence-electron chi connectivity index (χ0n) is 9.03. The zero-order chi connectivity index (χ0) is 12.3. The Morgan fingerprint density at radius 3 is 2.62 bits per heavy atom. The van der Waals surface area contributed by atoms with Gasteiger partial charge in [-0.3, -0.25) is 9.59 Å². The molecule has 16 heavy (non-hydrogen) atoms. The molecule has 0 aliphatic heterocycles. The largest absolute Gasteiger partial charge is 0.480 e. The van der Waals surface area contributed by atoms with Gasteiger partial charge in [0.25, 0.3) is 5.91 Å². The summed E-state index contributed by atoms with van der Waals surface area (Å²) in [5, 5.41) is 8.61. The second kappa shape index (κ2) is 5.29. The first kappa shape index (κ1) is 13.0. The van der Waals surface area contributed by atoms with Crippen molar-refractivity contribution < 1.29 is 14.7 Å². The van der Waals surface area contributed by atoms with Crippen molar-refractivity contribution >= 4 is 34.5 Å². The summed E-state index contributed by atoms with van der Waals surface area (Å²) in [5.74, 6) is -1.28. The molecule has 86 valence electrons. The van der Waals surface area contributed by atoms with Gasteiger partial charge in [-0.05, 0) is 41.1 Å². The van der Waals surface area contributed by atoms with Crippen molar-refractivity contribution in [3.05, 3.63) is 32.9 Å². The lowest BCUT2D eigenvalue weighted by Gasteiger charge is -2.16. The number of carbonyl (C=O) groups is 2. The number of benzene rings is 1. The van der Waals surface area contributed by atoms with Crippen LogP contribution in [-0.4, -0.2) is 35.5 Å². The molecule has 0 aromatic heterocycles. The molecule has 0 aliphatic carbocycles. The van der Waals surface area contributed by atoms with Crippen LogP contribution in [0.4, 0.5) is 0 Å². The summed E-state index contributed by atoms with van der Waals surface area (Å²) in [6, 6.07) is 5.41. The monoisotopic (exact) mass is 333 g/mol. The molecule has 1 N–H and O–H groups in total. The lowest BCUT2D eigenvalue weighted by Crippen LogP contribution is -2.32. The molecule has 5 heteroatoms. The highest BCUT2D eigenvalue weighted by Crippen LogP contribution is 2.17. The second-order valence-corrected chi connectivity index (χ2v) is 4.57. The number of likely N-dealkylation sites (N-methyl/N-ethyl adjacent to an activating group) is 1. The Hall–Kier alpha value is -1.11. The molecule has 0 atom stereocenters.